The van der Waals surface area contributed by atoms with Crippen LogP contribution in [0.2, 0.25) is 0 Å². The Morgan fingerprint density at radius 3 is 2.44 bits per heavy atom. The zero-order valence-corrected chi connectivity index (χ0v) is 12.0. The molecule has 1 rings (SSSR count). The van der Waals surface area contributed by atoms with Crippen LogP contribution in [0.1, 0.15) is 18.1 Å². The summed E-state index contributed by atoms with van der Waals surface area (Å²) in [7, 11) is -3.39. The van der Waals surface area contributed by atoms with Crippen molar-refractivity contribution in [1.29, 1.82) is 0 Å². The molecule has 0 bridgehead atoms. The summed E-state index contributed by atoms with van der Waals surface area (Å²) in [6, 6.07) is 5.03. The number of aryl methyl sites for hydroxylation is 2. The van der Waals surface area contributed by atoms with E-state index in [9.17, 15) is 8.42 Å². The average molecular weight is 306 g/mol. The lowest BCUT2D eigenvalue weighted by Crippen LogP contribution is -2.33. The number of rotatable bonds is 4. The number of sulfonamides is 1. The molecule has 0 aliphatic heterocycles. The van der Waals surface area contributed by atoms with E-state index in [-0.39, 0.29) is 6.04 Å². The molecule has 1 N–H and O–H groups in total. The first kappa shape index (κ1) is 13.7. The van der Waals surface area contributed by atoms with Gasteiger partial charge in [-0.25, -0.2) is 13.1 Å². The Balaban J connectivity index is 3.03. The van der Waals surface area contributed by atoms with E-state index in [0.29, 0.717) is 10.2 Å². The van der Waals surface area contributed by atoms with E-state index >= 15 is 0 Å². The summed E-state index contributed by atoms with van der Waals surface area (Å²) in [5.74, 6) is 0. The van der Waals surface area contributed by atoms with E-state index in [2.05, 4.69) is 20.7 Å². The Morgan fingerprint density at radius 1 is 1.31 bits per heavy atom. The summed E-state index contributed by atoms with van der Waals surface area (Å²) in [5, 5.41) is 0.594. The van der Waals surface area contributed by atoms with Gasteiger partial charge in [0.25, 0.3) is 0 Å². The van der Waals surface area contributed by atoms with Crippen LogP contribution in [0.15, 0.2) is 23.1 Å². The normalized spacial score (nSPS) is 13.8. The van der Waals surface area contributed by atoms with Gasteiger partial charge in [-0.3, -0.25) is 0 Å². The van der Waals surface area contributed by atoms with Crippen LogP contribution in [0.25, 0.3) is 0 Å². The molecule has 1 unspecified atom stereocenters. The number of nitrogens with one attached hydrogen (secondary N) is 1. The zero-order chi connectivity index (χ0) is 12.3. The van der Waals surface area contributed by atoms with Crippen LogP contribution in [0.3, 0.4) is 0 Å². The fourth-order valence-electron chi connectivity index (χ4n) is 1.25. The molecule has 3 nitrogen and oxygen atoms in total. The van der Waals surface area contributed by atoms with Crippen molar-refractivity contribution in [3.8, 4) is 0 Å². The Kier molecular flexibility index (Phi) is 4.52. The Bertz CT molecular complexity index is 471. The van der Waals surface area contributed by atoms with Crippen LogP contribution in [-0.4, -0.2) is 19.8 Å². The van der Waals surface area contributed by atoms with Crippen molar-refractivity contribution >= 4 is 26.0 Å². The van der Waals surface area contributed by atoms with Gasteiger partial charge >= 0.3 is 0 Å². The number of hydrogen-bond acceptors (Lipinski definition) is 2. The highest BCUT2D eigenvalue weighted by molar-refractivity contribution is 9.09. The molecule has 1 aromatic rings. The van der Waals surface area contributed by atoms with Gasteiger partial charge in [0.1, 0.15) is 0 Å². The van der Waals surface area contributed by atoms with Crippen LogP contribution in [0, 0.1) is 13.8 Å². The Labute approximate surface area is 105 Å². The van der Waals surface area contributed by atoms with Gasteiger partial charge in [0.15, 0.2) is 0 Å². The molecule has 0 fully saturated rings. The van der Waals surface area contributed by atoms with Crippen molar-refractivity contribution in [3.63, 3.8) is 0 Å². The summed E-state index contributed by atoms with van der Waals surface area (Å²) >= 11 is 3.24. The predicted octanol–water partition coefficient (Wildman–Crippen LogP) is 2.37. The minimum Gasteiger partial charge on any atom is -0.208 e. The van der Waals surface area contributed by atoms with Crippen LogP contribution in [-0.2, 0) is 10.0 Å². The second-order valence-corrected chi connectivity index (χ2v) is 6.28. The molecule has 0 spiro atoms. The summed E-state index contributed by atoms with van der Waals surface area (Å²) in [6.07, 6.45) is 0. The third-order valence-corrected chi connectivity index (χ3v) is 4.93. The van der Waals surface area contributed by atoms with E-state index in [1.807, 2.05) is 26.8 Å². The van der Waals surface area contributed by atoms with E-state index in [0.717, 1.165) is 11.1 Å². The number of benzene rings is 1. The highest BCUT2D eigenvalue weighted by Crippen LogP contribution is 2.15. The molecule has 1 atom stereocenters. The third kappa shape index (κ3) is 3.30. The van der Waals surface area contributed by atoms with Crippen molar-refractivity contribution in [2.45, 2.75) is 31.7 Å². The highest BCUT2D eigenvalue weighted by Gasteiger charge is 2.16. The molecule has 0 radical (unpaired) electrons. The van der Waals surface area contributed by atoms with Crippen molar-refractivity contribution in [2.75, 3.05) is 5.33 Å². The fraction of sp³-hybridized carbons (Fsp3) is 0.455. The number of alkyl halides is 1. The van der Waals surface area contributed by atoms with Gasteiger partial charge in [-0.15, -0.1) is 0 Å². The van der Waals surface area contributed by atoms with Crippen molar-refractivity contribution in [3.05, 3.63) is 29.3 Å². The maximum atomic E-state index is 11.9. The van der Waals surface area contributed by atoms with E-state index < -0.39 is 10.0 Å². The zero-order valence-electron chi connectivity index (χ0n) is 9.62. The number of halogens is 1. The molecule has 5 heteroatoms. The van der Waals surface area contributed by atoms with Gasteiger partial charge in [0.05, 0.1) is 4.90 Å². The number of hydrogen-bond donors (Lipinski definition) is 1. The summed E-state index contributed by atoms with van der Waals surface area (Å²) in [4.78, 5) is 0.323. The van der Waals surface area contributed by atoms with E-state index in [1.165, 1.54) is 0 Å². The van der Waals surface area contributed by atoms with E-state index in [1.54, 1.807) is 12.1 Å². The Morgan fingerprint density at radius 2 is 1.94 bits per heavy atom. The minimum atomic E-state index is -3.39. The molecular weight excluding hydrogens is 290 g/mol. The first-order chi connectivity index (χ1) is 7.36. The SMILES string of the molecule is Cc1ccc(S(=O)(=O)NC(C)CBr)cc1C. The first-order valence-corrected chi connectivity index (χ1v) is 7.63. The average Bonchev–Trinajstić information content (AvgIpc) is 2.21. The summed E-state index contributed by atoms with van der Waals surface area (Å²) in [5.41, 5.74) is 2.07. The largest absolute Gasteiger partial charge is 0.240 e. The minimum absolute atomic E-state index is 0.119. The molecule has 0 heterocycles. The second kappa shape index (κ2) is 5.29. The maximum absolute atomic E-state index is 11.9. The van der Waals surface area contributed by atoms with Crippen LogP contribution in [0.4, 0.5) is 0 Å². The molecule has 0 aliphatic carbocycles. The van der Waals surface area contributed by atoms with Gasteiger partial charge in [-0.05, 0) is 44.0 Å². The van der Waals surface area contributed by atoms with Gasteiger partial charge in [-0.2, -0.15) is 0 Å². The van der Waals surface area contributed by atoms with Crippen LogP contribution < -0.4 is 4.72 Å². The topological polar surface area (TPSA) is 46.2 Å². The molecule has 1 aromatic carbocycles. The molecule has 0 saturated carbocycles. The predicted molar refractivity (Wildman–Crippen MR) is 69.5 cm³/mol. The summed E-state index contributed by atoms with van der Waals surface area (Å²) < 4.78 is 26.5. The smallest absolute Gasteiger partial charge is 0.208 e. The van der Waals surface area contributed by atoms with Crippen LogP contribution >= 0.6 is 15.9 Å². The van der Waals surface area contributed by atoms with Crippen LogP contribution in [0.5, 0.6) is 0 Å². The van der Waals surface area contributed by atoms with E-state index in [4.69, 9.17) is 0 Å². The molecule has 90 valence electrons. The first-order valence-electron chi connectivity index (χ1n) is 5.02. The second-order valence-electron chi connectivity index (χ2n) is 3.92. The third-order valence-electron chi connectivity index (χ3n) is 2.38. The fourth-order valence-corrected chi connectivity index (χ4v) is 2.95. The van der Waals surface area contributed by atoms with Crippen molar-refractivity contribution in [2.24, 2.45) is 0 Å². The molecule has 16 heavy (non-hydrogen) atoms. The lowest BCUT2D eigenvalue weighted by Gasteiger charge is -2.12. The molecule has 0 aromatic heterocycles. The lowest BCUT2D eigenvalue weighted by molar-refractivity contribution is 0.571. The molecular formula is C11H16BrNO2S. The van der Waals surface area contributed by atoms with Crippen molar-refractivity contribution in [1.82, 2.24) is 4.72 Å². The van der Waals surface area contributed by atoms with Gasteiger partial charge < -0.3 is 0 Å². The molecule has 0 amide bonds. The van der Waals surface area contributed by atoms with Gasteiger partial charge in [0, 0.05) is 11.4 Å². The van der Waals surface area contributed by atoms with Gasteiger partial charge in [-0.1, -0.05) is 22.0 Å². The van der Waals surface area contributed by atoms with Crippen molar-refractivity contribution < 1.29 is 8.42 Å². The molecule has 0 aliphatic rings. The monoisotopic (exact) mass is 305 g/mol. The quantitative estimate of drug-likeness (QED) is 0.868. The maximum Gasteiger partial charge on any atom is 0.240 e. The molecule has 0 saturated heterocycles. The lowest BCUT2D eigenvalue weighted by atomic mass is 10.1. The standard InChI is InChI=1S/C11H16BrNO2S/c1-8-4-5-11(6-9(8)2)16(14,15)13-10(3)7-12/h4-6,10,13H,7H2,1-3H3. The highest BCUT2D eigenvalue weighted by atomic mass is 79.9. The Hall–Kier alpha value is -0.390. The summed E-state index contributed by atoms with van der Waals surface area (Å²) in [6.45, 7) is 5.68. The van der Waals surface area contributed by atoms with Gasteiger partial charge in [0.2, 0.25) is 10.0 Å².